The fourth-order valence-electron chi connectivity index (χ4n) is 10.8. The molecule has 54 heavy (non-hydrogen) atoms. The fourth-order valence-corrected chi connectivity index (χ4v) is 10.8. The summed E-state index contributed by atoms with van der Waals surface area (Å²) in [6.45, 7) is 7.23. The lowest BCUT2D eigenvalue weighted by molar-refractivity contribution is -0.213. The number of carbonyl (C=O) groups excluding carboxylic acids is 1. The van der Waals surface area contributed by atoms with Crippen LogP contribution in [0.25, 0.3) is 0 Å². The number of benzene rings is 2. The molecule has 2 saturated heterocycles. The Hall–Kier alpha value is -2.85. The zero-order valence-corrected chi connectivity index (χ0v) is 33.6. The van der Waals surface area contributed by atoms with Crippen molar-refractivity contribution in [2.24, 2.45) is 17.3 Å². The summed E-state index contributed by atoms with van der Waals surface area (Å²) in [6, 6.07) is 16.2. The van der Waals surface area contributed by atoms with E-state index in [0.717, 1.165) is 121 Å². The number of hydrogen-bond donors (Lipinski definition) is 0. The van der Waals surface area contributed by atoms with Crippen LogP contribution in [-0.2, 0) is 25.4 Å². The van der Waals surface area contributed by atoms with Crippen molar-refractivity contribution in [2.75, 3.05) is 26.8 Å². The van der Waals surface area contributed by atoms with Crippen LogP contribution in [0, 0.1) is 29.1 Å². The predicted octanol–water partition coefficient (Wildman–Crippen LogP) is 10.7. The molecule has 8 atom stereocenters. The lowest BCUT2D eigenvalue weighted by Crippen LogP contribution is -2.48. The third-order valence-corrected chi connectivity index (χ3v) is 13.8. The second kappa shape index (κ2) is 18.9. The van der Waals surface area contributed by atoms with E-state index >= 15 is 0 Å². The van der Waals surface area contributed by atoms with Crippen molar-refractivity contribution >= 4 is 5.91 Å². The SMILES string of the molecule is CCCCN(C)C(=O)CCCCCCC#Cc1ccc([C@H]2C[C@]3(C)[C@@H](OC4CCCCO4)CC[C@H]3[C@@H]3CCc4cc(OC5CCCCO5)ccc4[C@H]32)cc1. The average Bonchev–Trinajstić information content (AvgIpc) is 3.53. The van der Waals surface area contributed by atoms with E-state index in [1.54, 1.807) is 0 Å². The molecule has 0 bridgehead atoms. The first-order valence-electron chi connectivity index (χ1n) is 21.9. The Morgan fingerprint density at radius 2 is 1.67 bits per heavy atom. The lowest BCUT2D eigenvalue weighted by Gasteiger charge is -2.54. The smallest absolute Gasteiger partial charge is 0.222 e. The molecule has 5 aliphatic rings. The Kier molecular flexibility index (Phi) is 13.8. The Morgan fingerprint density at radius 3 is 2.43 bits per heavy atom. The van der Waals surface area contributed by atoms with Gasteiger partial charge in [0.1, 0.15) is 5.75 Å². The van der Waals surface area contributed by atoms with E-state index < -0.39 is 0 Å². The van der Waals surface area contributed by atoms with Gasteiger partial charge in [-0.15, -0.1) is 0 Å². The van der Waals surface area contributed by atoms with Crippen LogP contribution >= 0.6 is 0 Å². The molecule has 294 valence electrons. The van der Waals surface area contributed by atoms with Gasteiger partial charge in [0.25, 0.3) is 0 Å². The quantitative estimate of drug-likeness (QED) is 0.143. The topological polar surface area (TPSA) is 57.2 Å². The minimum atomic E-state index is -0.120. The summed E-state index contributed by atoms with van der Waals surface area (Å²) in [6.07, 6.45) is 20.7. The summed E-state index contributed by atoms with van der Waals surface area (Å²) < 4.78 is 25.3. The number of unbranched alkanes of at least 4 members (excludes halogenated alkanes) is 5. The average molecular weight is 738 g/mol. The van der Waals surface area contributed by atoms with Gasteiger partial charge in [0.2, 0.25) is 5.91 Å². The van der Waals surface area contributed by atoms with Crippen molar-refractivity contribution in [1.29, 1.82) is 0 Å². The highest BCUT2D eigenvalue weighted by Crippen LogP contribution is 2.65. The molecule has 2 aliphatic heterocycles. The first-order valence-corrected chi connectivity index (χ1v) is 21.9. The second-order valence-corrected chi connectivity index (χ2v) is 17.4. The van der Waals surface area contributed by atoms with Gasteiger partial charge < -0.3 is 23.8 Å². The molecule has 4 fully saturated rings. The Morgan fingerprint density at radius 1 is 0.889 bits per heavy atom. The number of hydrogen-bond acceptors (Lipinski definition) is 5. The van der Waals surface area contributed by atoms with Crippen LogP contribution in [-0.4, -0.2) is 56.3 Å². The monoisotopic (exact) mass is 738 g/mol. The minimum Gasteiger partial charge on any atom is -0.465 e. The van der Waals surface area contributed by atoms with Crippen molar-refractivity contribution in [3.8, 4) is 17.6 Å². The number of rotatable bonds is 14. The Balaban J connectivity index is 1.02. The Bertz CT molecular complexity index is 1570. The van der Waals surface area contributed by atoms with Crippen molar-refractivity contribution in [2.45, 2.75) is 166 Å². The van der Waals surface area contributed by atoms with E-state index in [2.05, 4.69) is 68.2 Å². The highest BCUT2D eigenvalue weighted by Gasteiger charge is 2.59. The molecule has 7 rings (SSSR count). The summed E-state index contributed by atoms with van der Waals surface area (Å²) in [5.41, 5.74) is 5.67. The summed E-state index contributed by atoms with van der Waals surface area (Å²) in [7, 11) is 1.94. The van der Waals surface area contributed by atoms with E-state index in [1.807, 2.05) is 11.9 Å². The van der Waals surface area contributed by atoms with Crippen molar-refractivity contribution in [3.05, 3.63) is 64.7 Å². The molecule has 6 nitrogen and oxygen atoms in total. The summed E-state index contributed by atoms with van der Waals surface area (Å²) in [5.74, 6) is 10.3. The van der Waals surface area contributed by atoms with Gasteiger partial charge in [-0.1, -0.05) is 63.1 Å². The molecule has 2 saturated carbocycles. The first kappa shape index (κ1) is 39.4. The maximum atomic E-state index is 12.3. The maximum absolute atomic E-state index is 12.3. The normalized spacial score (nSPS) is 30.3. The van der Waals surface area contributed by atoms with Gasteiger partial charge in [-0.05, 0) is 154 Å². The van der Waals surface area contributed by atoms with Gasteiger partial charge in [-0.3, -0.25) is 4.79 Å². The van der Waals surface area contributed by atoms with E-state index in [4.69, 9.17) is 18.9 Å². The van der Waals surface area contributed by atoms with Crippen molar-refractivity contribution in [3.63, 3.8) is 0 Å². The molecule has 1 amide bonds. The second-order valence-electron chi connectivity index (χ2n) is 17.4. The van der Waals surface area contributed by atoms with E-state index in [-0.39, 0.29) is 30.0 Å². The molecule has 2 aromatic rings. The molecule has 2 aromatic carbocycles. The van der Waals surface area contributed by atoms with Crippen LogP contribution in [0.1, 0.15) is 164 Å². The molecular weight excluding hydrogens is 671 g/mol. The first-order chi connectivity index (χ1) is 26.4. The largest absolute Gasteiger partial charge is 0.465 e. The van der Waals surface area contributed by atoms with Crippen LogP contribution < -0.4 is 4.74 Å². The van der Waals surface area contributed by atoms with Gasteiger partial charge in [0, 0.05) is 45.0 Å². The number of nitrogens with zero attached hydrogens (tertiary/aromatic N) is 1. The zero-order valence-electron chi connectivity index (χ0n) is 33.6. The van der Waals surface area contributed by atoms with Crippen molar-refractivity contribution in [1.82, 2.24) is 4.90 Å². The van der Waals surface area contributed by atoms with Crippen LogP contribution in [0.5, 0.6) is 5.75 Å². The third-order valence-electron chi connectivity index (χ3n) is 13.8. The molecule has 0 spiro atoms. The lowest BCUT2D eigenvalue weighted by atomic mass is 9.51. The van der Waals surface area contributed by atoms with Crippen LogP contribution in [0.4, 0.5) is 0 Å². The maximum Gasteiger partial charge on any atom is 0.222 e. The highest BCUT2D eigenvalue weighted by molar-refractivity contribution is 5.75. The number of fused-ring (bicyclic) bond motifs is 5. The van der Waals surface area contributed by atoms with E-state index in [1.165, 1.54) is 42.4 Å². The zero-order chi connectivity index (χ0) is 37.3. The van der Waals surface area contributed by atoms with E-state index in [9.17, 15) is 4.79 Å². The number of amides is 1. The molecule has 0 aromatic heterocycles. The van der Waals surface area contributed by atoms with Gasteiger partial charge in [0.15, 0.2) is 12.6 Å². The molecule has 0 radical (unpaired) electrons. The van der Waals surface area contributed by atoms with Crippen LogP contribution in [0.15, 0.2) is 42.5 Å². The van der Waals surface area contributed by atoms with E-state index in [0.29, 0.717) is 30.1 Å². The molecular formula is C48H67NO5. The van der Waals surface area contributed by atoms with Crippen molar-refractivity contribution < 1.29 is 23.7 Å². The molecule has 3 aliphatic carbocycles. The van der Waals surface area contributed by atoms with Crippen LogP contribution in [0.2, 0.25) is 0 Å². The number of ether oxygens (including phenoxy) is 4. The summed E-state index contributed by atoms with van der Waals surface area (Å²) >= 11 is 0. The summed E-state index contributed by atoms with van der Waals surface area (Å²) in [5, 5.41) is 0. The van der Waals surface area contributed by atoms with Gasteiger partial charge in [0.05, 0.1) is 12.7 Å². The fraction of sp³-hybridized carbons (Fsp3) is 0.688. The predicted molar refractivity (Wildman–Crippen MR) is 215 cm³/mol. The molecule has 2 heterocycles. The number of aryl methyl sites for hydroxylation is 1. The van der Waals surface area contributed by atoms with Gasteiger partial charge in [-0.25, -0.2) is 0 Å². The van der Waals surface area contributed by atoms with Crippen LogP contribution in [0.3, 0.4) is 0 Å². The number of carbonyl (C=O) groups is 1. The standard InChI is InChI=1S/C48H67NO5/c1-4-5-30-49(3)44(50)17-11-9-7-6-8-10-16-35-20-22-36(23-21-35)41-34-48(2)42(28-29-43(48)54-46-19-13-15-32-52-46)40-26-24-37-33-38(25-27-39(37)47(40)41)53-45-18-12-14-31-51-45/h20-23,25,27,33,40-43,45-47H,4-9,11-15,17-19,24,26,28-32,34H2,1-3H3/t40-,41+,42-,43-,45?,46?,47+,48-/m0/s1. The Labute approximate surface area is 326 Å². The highest BCUT2D eigenvalue weighted by atomic mass is 16.7. The van der Waals surface area contributed by atoms with Gasteiger partial charge in [-0.2, -0.15) is 0 Å². The molecule has 2 unspecified atom stereocenters. The third kappa shape index (κ3) is 9.39. The molecule has 0 N–H and O–H groups in total. The molecule has 6 heteroatoms. The van der Waals surface area contributed by atoms with Gasteiger partial charge >= 0.3 is 0 Å². The summed E-state index contributed by atoms with van der Waals surface area (Å²) in [4.78, 5) is 14.2. The minimum absolute atomic E-state index is 0.0430.